The summed E-state index contributed by atoms with van der Waals surface area (Å²) in [6, 6.07) is 7.00. The van der Waals surface area contributed by atoms with E-state index in [2.05, 4.69) is 37.1 Å². The van der Waals surface area contributed by atoms with Crippen molar-refractivity contribution in [2.75, 3.05) is 7.11 Å². The van der Waals surface area contributed by atoms with Gasteiger partial charge in [-0.2, -0.15) is 0 Å². The van der Waals surface area contributed by atoms with E-state index in [0.29, 0.717) is 5.56 Å². The van der Waals surface area contributed by atoms with E-state index in [1.807, 2.05) is 13.8 Å². The Morgan fingerprint density at radius 2 is 1.88 bits per heavy atom. The summed E-state index contributed by atoms with van der Waals surface area (Å²) in [5, 5.41) is 2.86. The van der Waals surface area contributed by atoms with Gasteiger partial charge in [0.05, 0.1) is 12.7 Å². The molecule has 0 aliphatic rings. The number of hydrogen-bond donors (Lipinski definition) is 0. The third kappa shape index (κ3) is 5.42. The van der Waals surface area contributed by atoms with Gasteiger partial charge >= 0.3 is 5.97 Å². The predicted octanol–water partition coefficient (Wildman–Crippen LogP) is 3.89. The smallest absolute Gasteiger partial charge is 0.337 e. The molecule has 0 aliphatic carbocycles. The molecule has 0 saturated carbocycles. The number of carbonyl (C=O) groups excluding carboxylic acids is 1. The lowest BCUT2D eigenvalue weighted by Crippen LogP contribution is -2.00. The quantitative estimate of drug-likeness (QED) is 0.438. The van der Waals surface area contributed by atoms with E-state index in [-0.39, 0.29) is 5.97 Å². The number of benzene rings is 1. The van der Waals surface area contributed by atoms with Gasteiger partial charge in [-0.3, -0.25) is 0 Å². The van der Waals surface area contributed by atoms with Crippen molar-refractivity contribution in [3.05, 3.63) is 35.4 Å². The molecule has 0 saturated heterocycles. The predicted molar refractivity (Wildman–Crippen MR) is 77.6 cm³/mol. The van der Waals surface area contributed by atoms with Gasteiger partial charge in [0, 0.05) is 26.8 Å². The van der Waals surface area contributed by atoms with E-state index in [1.54, 1.807) is 24.3 Å². The molecular formula is C12H13IO2S. The molecule has 0 amide bonds. The van der Waals surface area contributed by atoms with E-state index in [4.69, 9.17) is 0 Å². The van der Waals surface area contributed by atoms with Gasteiger partial charge in [0.15, 0.2) is 0 Å². The van der Waals surface area contributed by atoms with E-state index in [0.717, 1.165) is 5.56 Å². The number of methoxy groups -OCH3 is 1. The average molecular weight is 348 g/mol. The van der Waals surface area contributed by atoms with Crippen molar-refractivity contribution in [3.63, 3.8) is 0 Å². The molecule has 0 aromatic heterocycles. The van der Waals surface area contributed by atoms with Crippen LogP contribution in [0.15, 0.2) is 24.3 Å². The summed E-state index contributed by atoms with van der Waals surface area (Å²) >= 11 is 2.11. The lowest BCUT2D eigenvalue weighted by molar-refractivity contribution is 0.0601. The molecule has 0 heterocycles. The normalized spacial score (nSPS) is 8.00. The van der Waals surface area contributed by atoms with Crippen molar-refractivity contribution in [1.82, 2.24) is 0 Å². The van der Waals surface area contributed by atoms with Crippen molar-refractivity contribution >= 4 is 36.1 Å². The zero-order valence-electron chi connectivity index (χ0n) is 9.41. The molecule has 0 radical (unpaired) electrons. The van der Waals surface area contributed by atoms with Crippen molar-refractivity contribution in [3.8, 4) is 11.2 Å². The first-order valence-corrected chi connectivity index (χ1v) is 8.11. The highest BCUT2D eigenvalue weighted by molar-refractivity contribution is 14.2. The van der Waals surface area contributed by atoms with Gasteiger partial charge in [0.2, 0.25) is 0 Å². The minimum Gasteiger partial charge on any atom is -0.465 e. The fourth-order valence-electron chi connectivity index (χ4n) is 0.886. The molecule has 2 nitrogen and oxygen atoms in total. The first-order chi connectivity index (χ1) is 7.77. The summed E-state index contributed by atoms with van der Waals surface area (Å²) in [6.45, 7) is 4.00. The van der Waals surface area contributed by atoms with Crippen LogP contribution in [0, 0.1) is 11.2 Å². The standard InChI is InChI=1S/C10H7IO2S.C2H6/c1-13-10(12)9-4-2-8(3-5-9)6-7-14-11;1-2/h2-5H,1H3;1-2H3. The Kier molecular flexibility index (Phi) is 9.15. The Bertz CT molecular complexity index is 376. The van der Waals surface area contributed by atoms with Crippen LogP contribution < -0.4 is 0 Å². The molecule has 86 valence electrons. The maximum absolute atomic E-state index is 11.1. The molecule has 0 aliphatic heterocycles. The summed E-state index contributed by atoms with van der Waals surface area (Å²) in [5.41, 5.74) is 1.43. The molecule has 0 fully saturated rings. The summed E-state index contributed by atoms with van der Waals surface area (Å²) in [5.74, 6) is 2.61. The second-order valence-corrected chi connectivity index (χ2v) is 4.05. The Morgan fingerprint density at radius 1 is 1.31 bits per heavy atom. The monoisotopic (exact) mass is 348 g/mol. The van der Waals surface area contributed by atoms with Crippen LogP contribution in [0.1, 0.15) is 29.8 Å². The average Bonchev–Trinajstić information content (AvgIpc) is 2.38. The van der Waals surface area contributed by atoms with Gasteiger partial charge in [0.25, 0.3) is 0 Å². The molecule has 1 aromatic rings. The van der Waals surface area contributed by atoms with Crippen LogP contribution in [0.2, 0.25) is 0 Å². The van der Waals surface area contributed by atoms with Crippen molar-refractivity contribution in [2.24, 2.45) is 0 Å². The van der Waals surface area contributed by atoms with Crippen LogP contribution in [0.25, 0.3) is 0 Å². The van der Waals surface area contributed by atoms with Crippen LogP contribution in [0.5, 0.6) is 0 Å². The number of hydrogen-bond acceptors (Lipinski definition) is 3. The van der Waals surface area contributed by atoms with Crippen LogP contribution in [0.4, 0.5) is 0 Å². The third-order valence-corrected chi connectivity index (χ3v) is 2.38. The first-order valence-electron chi connectivity index (χ1n) is 4.75. The maximum atomic E-state index is 11.1. The van der Waals surface area contributed by atoms with Crippen LogP contribution in [-0.4, -0.2) is 13.1 Å². The van der Waals surface area contributed by atoms with E-state index >= 15 is 0 Å². The number of esters is 1. The van der Waals surface area contributed by atoms with Gasteiger partial charge in [0.1, 0.15) is 0 Å². The largest absolute Gasteiger partial charge is 0.465 e. The molecule has 1 rings (SSSR count). The Morgan fingerprint density at radius 3 is 2.31 bits per heavy atom. The van der Waals surface area contributed by atoms with E-state index < -0.39 is 0 Å². The molecule has 0 atom stereocenters. The van der Waals surface area contributed by atoms with Crippen molar-refractivity contribution in [1.29, 1.82) is 0 Å². The highest BCUT2D eigenvalue weighted by Gasteiger charge is 2.02. The van der Waals surface area contributed by atoms with Gasteiger partial charge in [-0.1, -0.05) is 19.8 Å². The fourth-order valence-corrected chi connectivity index (χ4v) is 1.37. The van der Waals surface area contributed by atoms with Crippen LogP contribution in [-0.2, 0) is 4.74 Å². The number of rotatable bonds is 1. The number of halogens is 1. The van der Waals surface area contributed by atoms with Crippen molar-refractivity contribution < 1.29 is 9.53 Å². The molecule has 16 heavy (non-hydrogen) atoms. The summed E-state index contributed by atoms with van der Waals surface area (Å²) in [7, 11) is 2.79. The third-order valence-electron chi connectivity index (χ3n) is 1.54. The maximum Gasteiger partial charge on any atom is 0.337 e. The fraction of sp³-hybridized carbons (Fsp3) is 0.250. The molecule has 0 unspecified atom stereocenters. The van der Waals surface area contributed by atoms with Gasteiger partial charge in [-0.15, -0.1) is 0 Å². The summed E-state index contributed by atoms with van der Waals surface area (Å²) in [4.78, 5) is 11.1. The Labute approximate surface area is 113 Å². The number of carbonyl (C=O) groups is 1. The lowest BCUT2D eigenvalue weighted by Gasteiger charge is -1.97. The van der Waals surface area contributed by atoms with Crippen molar-refractivity contribution in [2.45, 2.75) is 13.8 Å². The van der Waals surface area contributed by atoms with E-state index in [9.17, 15) is 4.79 Å². The van der Waals surface area contributed by atoms with Gasteiger partial charge in [-0.25, -0.2) is 4.79 Å². The highest BCUT2D eigenvalue weighted by atomic mass is 127. The molecule has 0 N–H and O–H groups in total. The molecule has 0 spiro atoms. The first kappa shape index (κ1) is 15.3. The molecule has 0 bridgehead atoms. The summed E-state index contributed by atoms with van der Waals surface area (Å²) < 4.78 is 4.58. The zero-order valence-corrected chi connectivity index (χ0v) is 12.4. The van der Waals surface area contributed by atoms with Crippen LogP contribution in [0.3, 0.4) is 0 Å². The Balaban J connectivity index is 0.00000106. The minimum atomic E-state index is -0.326. The Hall–Kier alpha value is -0.670. The second kappa shape index (κ2) is 9.55. The second-order valence-electron chi connectivity index (χ2n) is 2.37. The van der Waals surface area contributed by atoms with E-state index in [1.165, 1.54) is 16.0 Å². The lowest BCUT2D eigenvalue weighted by atomic mass is 10.1. The van der Waals surface area contributed by atoms with Gasteiger partial charge in [-0.05, 0) is 38.5 Å². The highest BCUT2D eigenvalue weighted by Crippen LogP contribution is 2.09. The molecule has 1 aromatic carbocycles. The topological polar surface area (TPSA) is 26.3 Å². The molecular weight excluding hydrogens is 335 g/mol. The SMILES string of the molecule is CC.COC(=O)c1ccc(C#CSI)cc1. The molecule has 4 heteroatoms. The summed E-state index contributed by atoms with van der Waals surface area (Å²) in [6.07, 6.45) is 0. The van der Waals surface area contributed by atoms with Crippen LogP contribution >= 0.6 is 30.1 Å². The number of ether oxygens (including phenoxy) is 1. The zero-order chi connectivity index (χ0) is 12.4. The minimum absolute atomic E-state index is 0.326. The van der Waals surface area contributed by atoms with Gasteiger partial charge < -0.3 is 4.74 Å².